The molecule has 2 aliphatic heterocycles. The molecule has 2 N–H and O–H groups in total. The smallest absolute Gasteiger partial charge is 0.328 e. The molecule has 200 valence electrons. The minimum Gasteiger partial charge on any atom is -0.493 e. The summed E-state index contributed by atoms with van der Waals surface area (Å²) in [6, 6.07) is 9.91. The van der Waals surface area contributed by atoms with E-state index < -0.39 is 11.9 Å². The third kappa shape index (κ3) is 6.05. The summed E-state index contributed by atoms with van der Waals surface area (Å²) < 4.78 is 14.0. The summed E-state index contributed by atoms with van der Waals surface area (Å²) in [5, 5.41) is 15.6. The fourth-order valence-corrected chi connectivity index (χ4v) is 5.29. The zero-order valence-corrected chi connectivity index (χ0v) is 22.6. The number of hydrogen-bond acceptors (Lipinski definition) is 7. The number of carbonyl (C=O) groups is 2. The number of likely N-dealkylation sites (tertiary alicyclic amines) is 1. The zero-order chi connectivity index (χ0) is 27.4. The molecule has 2 atom stereocenters. The number of benzene rings is 1. The van der Waals surface area contributed by atoms with Crippen LogP contribution in [-0.4, -0.2) is 69.8 Å². The van der Waals surface area contributed by atoms with Crippen LogP contribution in [0, 0.1) is 12.8 Å². The second-order valence-electron chi connectivity index (χ2n) is 9.13. The Kier molecular flexibility index (Phi) is 8.48. The van der Waals surface area contributed by atoms with Crippen molar-refractivity contribution in [3.05, 3.63) is 80.3 Å². The zero-order valence-electron chi connectivity index (χ0n) is 21.0. The normalized spacial score (nSPS) is 18.3. The van der Waals surface area contributed by atoms with E-state index in [1.807, 2.05) is 31.2 Å². The predicted molar refractivity (Wildman–Crippen MR) is 143 cm³/mol. The number of hydrogen-bond donors (Lipinski definition) is 2. The minimum absolute atomic E-state index is 0.0221. The lowest BCUT2D eigenvalue weighted by atomic mass is 9.87. The predicted octanol–water partition coefficient (Wildman–Crippen LogP) is 3.14. The van der Waals surface area contributed by atoms with Crippen molar-refractivity contribution in [2.24, 2.45) is 5.92 Å². The first kappa shape index (κ1) is 27.3. The molecule has 0 aliphatic carbocycles. The number of pyridine rings is 1. The minimum atomic E-state index is -1.26. The van der Waals surface area contributed by atoms with Crippen molar-refractivity contribution in [3.8, 4) is 11.5 Å². The van der Waals surface area contributed by atoms with Gasteiger partial charge in [-0.15, -0.1) is 0 Å². The highest BCUT2D eigenvalue weighted by Crippen LogP contribution is 2.45. The van der Waals surface area contributed by atoms with Crippen LogP contribution >= 0.6 is 15.9 Å². The topological polar surface area (TPSA) is 131 Å². The van der Waals surface area contributed by atoms with Gasteiger partial charge in [0.05, 0.1) is 13.7 Å². The Morgan fingerprint density at radius 1 is 1.18 bits per heavy atom. The van der Waals surface area contributed by atoms with Gasteiger partial charge < -0.3 is 24.6 Å². The second kappa shape index (κ2) is 11.8. The summed E-state index contributed by atoms with van der Waals surface area (Å²) >= 11 is 3.44. The average Bonchev–Trinajstić information content (AvgIpc) is 3.31. The maximum atomic E-state index is 13.0. The van der Waals surface area contributed by atoms with E-state index in [1.165, 1.54) is 5.56 Å². The number of halogens is 1. The Balaban J connectivity index is 0.000000368. The van der Waals surface area contributed by atoms with E-state index in [1.54, 1.807) is 17.7 Å². The molecular weight excluding hydrogens is 558 g/mol. The van der Waals surface area contributed by atoms with Gasteiger partial charge in [0.1, 0.15) is 5.65 Å². The van der Waals surface area contributed by atoms with Crippen molar-refractivity contribution < 1.29 is 29.3 Å². The lowest BCUT2D eigenvalue weighted by Crippen LogP contribution is -2.28. The van der Waals surface area contributed by atoms with E-state index in [9.17, 15) is 14.4 Å². The summed E-state index contributed by atoms with van der Waals surface area (Å²) in [5.41, 5.74) is 3.55. The summed E-state index contributed by atoms with van der Waals surface area (Å²) in [6.07, 6.45) is 3.60. The first-order chi connectivity index (χ1) is 18.2. The van der Waals surface area contributed by atoms with Crippen LogP contribution in [0.15, 0.2) is 57.9 Å². The summed E-state index contributed by atoms with van der Waals surface area (Å²) in [7, 11) is 1.68. The molecular formula is C27H28BrN3O7. The van der Waals surface area contributed by atoms with Gasteiger partial charge in [-0.3, -0.25) is 9.20 Å². The van der Waals surface area contributed by atoms with Gasteiger partial charge in [-0.05, 0) is 47.5 Å². The molecule has 3 aromatic rings. The summed E-state index contributed by atoms with van der Waals surface area (Å²) in [4.78, 5) is 39.2. The van der Waals surface area contributed by atoms with Crippen molar-refractivity contribution in [3.63, 3.8) is 0 Å². The molecule has 0 radical (unpaired) electrons. The Labute approximate surface area is 227 Å². The van der Waals surface area contributed by atoms with E-state index in [2.05, 4.69) is 31.9 Å². The molecule has 10 nitrogen and oxygen atoms in total. The molecule has 5 rings (SSSR count). The van der Waals surface area contributed by atoms with Crippen LogP contribution in [-0.2, 0) is 16.0 Å². The van der Waals surface area contributed by atoms with Crippen molar-refractivity contribution in [2.45, 2.75) is 19.3 Å². The van der Waals surface area contributed by atoms with E-state index in [-0.39, 0.29) is 5.56 Å². The number of para-hydroxylation sites is 1. The standard InChI is InChI=1S/C23H24BrN3O3.C4H4O4/c1-14-17(23(28)27-11-16(24)6-7-21(27)25-14)8-9-26-10-15-13-30-22-18(19(15)12-26)4-3-5-20(22)29-2;5-3(6)1-2-4(7)8/h3-7,11,15,19H,8-10,12-13H2,1-2H3;1-2H,(H,5,6)(H,7,8)/b;2-1+/t15-,19-;/m1./s1. The van der Waals surface area contributed by atoms with Gasteiger partial charge in [0.2, 0.25) is 0 Å². The molecule has 38 heavy (non-hydrogen) atoms. The number of carboxylic acids is 2. The van der Waals surface area contributed by atoms with E-state index in [0.717, 1.165) is 46.9 Å². The highest BCUT2D eigenvalue weighted by Gasteiger charge is 2.39. The van der Waals surface area contributed by atoms with E-state index >= 15 is 0 Å². The van der Waals surface area contributed by atoms with Gasteiger partial charge in [-0.1, -0.05) is 12.1 Å². The van der Waals surface area contributed by atoms with Crippen molar-refractivity contribution in [2.75, 3.05) is 33.4 Å². The number of ether oxygens (including phenoxy) is 2. The number of rotatable bonds is 6. The molecule has 0 saturated carbocycles. The van der Waals surface area contributed by atoms with Gasteiger partial charge >= 0.3 is 11.9 Å². The molecule has 1 saturated heterocycles. The van der Waals surface area contributed by atoms with Gasteiger partial charge in [0.15, 0.2) is 11.5 Å². The molecule has 4 heterocycles. The van der Waals surface area contributed by atoms with Crippen LogP contribution in [0.1, 0.15) is 22.7 Å². The molecule has 1 aromatic carbocycles. The number of nitrogens with zero attached hydrogens (tertiary/aromatic N) is 3. The highest BCUT2D eigenvalue weighted by molar-refractivity contribution is 9.10. The number of methoxy groups -OCH3 is 1. The summed E-state index contributed by atoms with van der Waals surface area (Å²) in [5.74, 6) is 0.0944. The SMILES string of the molecule is COc1cccc2c1OC[C@H]1CN(CCc3c(C)nc4ccc(Br)cn4c3=O)C[C@@H]21.O=C(O)/C=C/C(=O)O. The molecule has 0 unspecified atom stereocenters. The van der Waals surface area contributed by atoms with Gasteiger partial charge in [0, 0.05) is 71.1 Å². The van der Waals surface area contributed by atoms with Crippen molar-refractivity contribution in [1.29, 1.82) is 0 Å². The third-order valence-corrected chi connectivity index (χ3v) is 7.19. The number of fused-ring (bicyclic) bond motifs is 4. The monoisotopic (exact) mass is 585 g/mol. The molecule has 11 heteroatoms. The molecule has 1 fully saturated rings. The number of aryl methyl sites for hydroxylation is 1. The average molecular weight is 586 g/mol. The largest absolute Gasteiger partial charge is 0.493 e. The van der Waals surface area contributed by atoms with Crippen molar-refractivity contribution in [1.82, 2.24) is 14.3 Å². The second-order valence-corrected chi connectivity index (χ2v) is 10.0. The van der Waals surface area contributed by atoms with Crippen LogP contribution in [0.4, 0.5) is 0 Å². The van der Waals surface area contributed by atoms with E-state index in [4.69, 9.17) is 19.7 Å². The fourth-order valence-electron chi connectivity index (χ4n) is 4.96. The molecule has 2 aliphatic rings. The molecule has 0 amide bonds. The Bertz CT molecular complexity index is 1440. The van der Waals surface area contributed by atoms with Crippen molar-refractivity contribution >= 4 is 33.5 Å². The Hall–Kier alpha value is -3.70. The van der Waals surface area contributed by atoms with E-state index in [0.29, 0.717) is 42.7 Å². The van der Waals surface area contributed by atoms with Gasteiger partial charge in [-0.2, -0.15) is 0 Å². The number of aliphatic carboxylic acids is 2. The van der Waals surface area contributed by atoms with Crippen LogP contribution in [0.25, 0.3) is 5.65 Å². The molecule has 0 spiro atoms. The number of aromatic nitrogens is 2. The van der Waals surface area contributed by atoms with Crippen LogP contribution in [0.2, 0.25) is 0 Å². The number of carboxylic acid groups (broad SMARTS) is 2. The quantitative estimate of drug-likeness (QED) is 0.419. The third-order valence-electron chi connectivity index (χ3n) is 6.72. The molecule has 0 bridgehead atoms. The Morgan fingerprint density at radius 3 is 2.61 bits per heavy atom. The Morgan fingerprint density at radius 2 is 1.92 bits per heavy atom. The van der Waals surface area contributed by atoms with Crippen LogP contribution in [0.5, 0.6) is 11.5 Å². The lowest BCUT2D eigenvalue weighted by Gasteiger charge is -2.28. The van der Waals surface area contributed by atoms with Gasteiger partial charge in [-0.25, -0.2) is 14.6 Å². The lowest BCUT2D eigenvalue weighted by molar-refractivity contribution is -0.134. The fraction of sp³-hybridized carbons (Fsp3) is 0.333. The molecule has 2 aromatic heterocycles. The maximum Gasteiger partial charge on any atom is 0.328 e. The maximum absolute atomic E-state index is 13.0. The van der Waals surface area contributed by atoms with Crippen LogP contribution < -0.4 is 15.0 Å². The highest BCUT2D eigenvalue weighted by atomic mass is 79.9. The summed E-state index contributed by atoms with van der Waals surface area (Å²) in [6.45, 7) is 5.43. The van der Waals surface area contributed by atoms with Crippen LogP contribution in [0.3, 0.4) is 0 Å². The van der Waals surface area contributed by atoms with Gasteiger partial charge in [0.25, 0.3) is 5.56 Å². The first-order valence-corrected chi connectivity index (χ1v) is 12.8. The first-order valence-electron chi connectivity index (χ1n) is 12.0.